The first-order valence-corrected chi connectivity index (χ1v) is 11.6. The Morgan fingerprint density at radius 1 is 1.16 bits per heavy atom. The molecule has 32 heavy (non-hydrogen) atoms. The SMILES string of the molecule is CC(C)OC(=O)CCC/C=C\CC1CCC[C@@H]1/C=C/CCOc1cccc(C(F)(F)F)c1. The van der Waals surface area contributed by atoms with Crippen molar-refractivity contribution < 1.29 is 27.4 Å². The van der Waals surface area contributed by atoms with E-state index in [0.717, 1.165) is 31.4 Å². The van der Waals surface area contributed by atoms with Crippen LogP contribution in [0.15, 0.2) is 48.6 Å². The van der Waals surface area contributed by atoms with Crippen LogP contribution in [0.1, 0.15) is 70.8 Å². The molecule has 1 aliphatic rings. The fourth-order valence-electron chi connectivity index (χ4n) is 3.96. The first-order valence-electron chi connectivity index (χ1n) is 11.6. The van der Waals surface area contributed by atoms with Crippen molar-refractivity contribution in [2.75, 3.05) is 6.61 Å². The van der Waals surface area contributed by atoms with Crippen LogP contribution in [0, 0.1) is 11.8 Å². The van der Waals surface area contributed by atoms with Crippen molar-refractivity contribution in [1.82, 2.24) is 0 Å². The average Bonchev–Trinajstić information content (AvgIpc) is 3.16. The molecule has 3 nitrogen and oxygen atoms in total. The maximum absolute atomic E-state index is 12.8. The summed E-state index contributed by atoms with van der Waals surface area (Å²) in [6.45, 7) is 4.07. The Bertz CT molecular complexity index is 753. The Hall–Kier alpha value is -2.24. The summed E-state index contributed by atoms with van der Waals surface area (Å²) in [6.07, 6.45) is 11.7. The van der Waals surface area contributed by atoms with Crippen LogP contribution in [0.3, 0.4) is 0 Å². The second-order valence-electron chi connectivity index (χ2n) is 8.58. The van der Waals surface area contributed by atoms with E-state index in [9.17, 15) is 18.0 Å². The first kappa shape index (κ1) is 26.0. The monoisotopic (exact) mass is 452 g/mol. The van der Waals surface area contributed by atoms with E-state index in [1.165, 1.54) is 25.3 Å². The number of rotatable bonds is 12. The number of hydrogen-bond acceptors (Lipinski definition) is 3. The van der Waals surface area contributed by atoms with Crippen LogP contribution >= 0.6 is 0 Å². The quantitative estimate of drug-likeness (QED) is 0.187. The number of halogens is 3. The average molecular weight is 453 g/mol. The number of carbonyl (C=O) groups is 1. The third-order valence-electron chi connectivity index (χ3n) is 5.54. The van der Waals surface area contributed by atoms with Crippen LogP contribution in [0.25, 0.3) is 0 Å². The fourth-order valence-corrected chi connectivity index (χ4v) is 3.96. The summed E-state index contributed by atoms with van der Waals surface area (Å²) < 4.78 is 48.9. The molecule has 0 aromatic heterocycles. The van der Waals surface area contributed by atoms with Gasteiger partial charge in [0.05, 0.1) is 18.3 Å². The topological polar surface area (TPSA) is 35.5 Å². The summed E-state index contributed by atoms with van der Waals surface area (Å²) in [6, 6.07) is 4.99. The first-order chi connectivity index (χ1) is 15.3. The van der Waals surface area contributed by atoms with Crippen LogP contribution in [0.5, 0.6) is 5.75 Å². The minimum absolute atomic E-state index is 0.0578. The third-order valence-corrected chi connectivity index (χ3v) is 5.54. The molecule has 1 aromatic carbocycles. The fraction of sp³-hybridized carbons (Fsp3) is 0.577. The van der Waals surface area contributed by atoms with E-state index < -0.39 is 11.7 Å². The molecule has 2 rings (SSSR count). The van der Waals surface area contributed by atoms with E-state index in [-0.39, 0.29) is 17.8 Å². The normalized spacial score (nSPS) is 19.3. The second kappa shape index (κ2) is 13.3. The Balaban J connectivity index is 1.65. The molecule has 0 spiro atoms. The maximum atomic E-state index is 12.8. The van der Waals surface area contributed by atoms with Gasteiger partial charge in [-0.2, -0.15) is 13.2 Å². The summed E-state index contributed by atoms with van der Waals surface area (Å²) in [5.41, 5.74) is -0.692. The van der Waals surface area contributed by atoms with Crippen molar-refractivity contribution >= 4 is 5.97 Å². The lowest BCUT2D eigenvalue weighted by Gasteiger charge is -2.14. The lowest BCUT2D eigenvalue weighted by molar-refractivity contribution is -0.147. The van der Waals surface area contributed by atoms with Crippen LogP contribution in [-0.2, 0) is 15.7 Å². The zero-order valence-electron chi connectivity index (χ0n) is 19.1. The van der Waals surface area contributed by atoms with Gasteiger partial charge in [-0.25, -0.2) is 0 Å². The number of benzene rings is 1. The van der Waals surface area contributed by atoms with Gasteiger partial charge in [-0.05, 0) is 82.4 Å². The maximum Gasteiger partial charge on any atom is 0.416 e. The predicted octanol–water partition coefficient (Wildman–Crippen LogP) is 7.52. The van der Waals surface area contributed by atoms with Gasteiger partial charge in [-0.15, -0.1) is 0 Å². The molecule has 0 aliphatic heterocycles. The molecular formula is C26H35F3O3. The van der Waals surface area contributed by atoms with Gasteiger partial charge < -0.3 is 9.47 Å². The molecule has 1 aromatic rings. The molecular weight excluding hydrogens is 417 g/mol. The molecule has 0 amide bonds. The van der Waals surface area contributed by atoms with Gasteiger partial charge in [0.25, 0.3) is 0 Å². The van der Waals surface area contributed by atoms with Crippen molar-refractivity contribution in [1.29, 1.82) is 0 Å². The Morgan fingerprint density at radius 2 is 1.97 bits per heavy atom. The van der Waals surface area contributed by atoms with E-state index >= 15 is 0 Å². The zero-order valence-corrected chi connectivity index (χ0v) is 19.1. The number of carbonyl (C=O) groups excluding carboxylic acids is 1. The molecule has 0 saturated heterocycles. The predicted molar refractivity (Wildman–Crippen MR) is 120 cm³/mol. The minimum atomic E-state index is -4.36. The highest BCUT2D eigenvalue weighted by atomic mass is 19.4. The van der Waals surface area contributed by atoms with E-state index in [1.54, 1.807) is 6.07 Å². The molecule has 178 valence electrons. The standard InChI is InChI=1S/C26H35F3O3/c1-20(2)32-25(30)17-6-4-3-5-11-21-13-9-14-22(21)12-7-8-18-31-24-16-10-15-23(19-24)26(27,28)29/h3,5,7,10,12,15-16,19-22H,4,6,8-9,11,13-14,17-18H2,1-2H3/b5-3-,12-7+/t21?,22-/m0/s1. The largest absolute Gasteiger partial charge is 0.493 e. The molecule has 1 saturated carbocycles. The second-order valence-corrected chi connectivity index (χ2v) is 8.58. The van der Waals surface area contributed by atoms with E-state index in [0.29, 0.717) is 31.3 Å². The highest BCUT2D eigenvalue weighted by Crippen LogP contribution is 2.35. The van der Waals surface area contributed by atoms with Crippen molar-refractivity contribution in [2.45, 2.75) is 77.5 Å². The molecule has 0 N–H and O–H groups in total. The third kappa shape index (κ3) is 9.92. The van der Waals surface area contributed by atoms with E-state index in [2.05, 4.69) is 24.3 Å². The molecule has 6 heteroatoms. The summed E-state index contributed by atoms with van der Waals surface area (Å²) >= 11 is 0. The molecule has 1 fully saturated rings. The molecule has 1 aliphatic carbocycles. The number of alkyl halides is 3. The van der Waals surface area contributed by atoms with Gasteiger partial charge in [0.2, 0.25) is 0 Å². The van der Waals surface area contributed by atoms with Crippen LogP contribution < -0.4 is 4.74 Å². The minimum Gasteiger partial charge on any atom is -0.493 e. The number of esters is 1. The summed E-state index contributed by atoms with van der Waals surface area (Å²) in [5.74, 6) is 1.27. The van der Waals surface area contributed by atoms with Crippen LogP contribution in [0.2, 0.25) is 0 Å². The van der Waals surface area contributed by atoms with Crippen molar-refractivity contribution in [3.63, 3.8) is 0 Å². The van der Waals surface area contributed by atoms with Crippen LogP contribution in [0.4, 0.5) is 13.2 Å². The Kier molecular flexibility index (Phi) is 10.8. The summed E-state index contributed by atoms with van der Waals surface area (Å²) in [4.78, 5) is 11.5. The van der Waals surface area contributed by atoms with Gasteiger partial charge in [-0.1, -0.05) is 36.8 Å². The molecule has 0 heterocycles. The van der Waals surface area contributed by atoms with Crippen molar-refractivity contribution in [3.05, 3.63) is 54.1 Å². The lowest BCUT2D eigenvalue weighted by atomic mass is 9.92. The van der Waals surface area contributed by atoms with Crippen molar-refractivity contribution in [3.8, 4) is 5.75 Å². The van der Waals surface area contributed by atoms with Gasteiger partial charge in [0, 0.05) is 6.42 Å². The van der Waals surface area contributed by atoms with Gasteiger partial charge in [0.15, 0.2) is 0 Å². The van der Waals surface area contributed by atoms with E-state index in [1.807, 2.05) is 13.8 Å². The van der Waals surface area contributed by atoms with Crippen molar-refractivity contribution in [2.24, 2.45) is 11.8 Å². The summed E-state index contributed by atoms with van der Waals surface area (Å²) in [7, 11) is 0. The lowest BCUT2D eigenvalue weighted by Crippen LogP contribution is -2.10. The molecule has 2 atom stereocenters. The number of unbranched alkanes of at least 4 members (excludes halogenated alkanes) is 1. The van der Waals surface area contributed by atoms with Gasteiger partial charge in [0.1, 0.15) is 5.75 Å². The number of allylic oxidation sites excluding steroid dienone is 3. The van der Waals surface area contributed by atoms with E-state index in [4.69, 9.17) is 9.47 Å². The smallest absolute Gasteiger partial charge is 0.416 e. The van der Waals surface area contributed by atoms with Crippen LogP contribution in [-0.4, -0.2) is 18.7 Å². The van der Waals surface area contributed by atoms with Gasteiger partial charge >= 0.3 is 12.1 Å². The number of ether oxygens (including phenoxy) is 2. The Morgan fingerprint density at radius 3 is 2.72 bits per heavy atom. The highest BCUT2D eigenvalue weighted by molar-refractivity contribution is 5.69. The Labute approximate surface area is 189 Å². The molecule has 1 unspecified atom stereocenters. The highest BCUT2D eigenvalue weighted by Gasteiger charge is 2.30. The summed E-state index contributed by atoms with van der Waals surface area (Å²) in [5, 5.41) is 0. The zero-order chi connectivity index (χ0) is 23.4. The number of hydrogen-bond donors (Lipinski definition) is 0. The molecule has 0 bridgehead atoms. The molecule has 0 radical (unpaired) electrons. The van der Waals surface area contributed by atoms with Gasteiger partial charge in [-0.3, -0.25) is 4.79 Å².